The topological polar surface area (TPSA) is 49.2 Å². The fourth-order valence-corrected chi connectivity index (χ4v) is 2.11. The Kier molecular flexibility index (Phi) is 2.20. The minimum Gasteiger partial charge on any atom is -0.449 e. The number of furan rings is 1. The molecule has 2 heterocycles. The standard InChI is InChI=1S/C14H14N2O2/c1-8-4-5-9-10(6-8)15-11-7-12(18-13(9)11)14(17)16(2)3/h4-7,15H,1-3H3. The maximum atomic E-state index is 11.8. The SMILES string of the molecule is Cc1ccc2c(c1)[nH]c1cc(C(=O)N(C)C)oc12. The molecule has 0 radical (unpaired) electrons. The molecule has 4 nitrogen and oxygen atoms in total. The fraction of sp³-hybridized carbons (Fsp3) is 0.214. The number of aryl methyl sites for hydroxylation is 1. The summed E-state index contributed by atoms with van der Waals surface area (Å²) in [5.41, 5.74) is 3.83. The number of rotatable bonds is 1. The Labute approximate surface area is 104 Å². The second-order valence-electron chi connectivity index (χ2n) is 4.73. The van der Waals surface area contributed by atoms with Crippen molar-refractivity contribution in [3.05, 3.63) is 35.6 Å². The van der Waals surface area contributed by atoms with E-state index < -0.39 is 0 Å². The third-order valence-corrected chi connectivity index (χ3v) is 3.04. The van der Waals surface area contributed by atoms with E-state index in [9.17, 15) is 4.79 Å². The van der Waals surface area contributed by atoms with Gasteiger partial charge in [-0.25, -0.2) is 0 Å². The number of amides is 1. The molecule has 1 amide bonds. The molecule has 3 rings (SSSR count). The highest BCUT2D eigenvalue weighted by molar-refractivity contribution is 6.06. The number of benzene rings is 1. The molecule has 92 valence electrons. The number of aromatic amines is 1. The minimum atomic E-state index is -0.125. The number of H-pyrrole nitrogens is 1. The van der Waals surface area contributed by atoms with E-state index in [4.69, 9.17) is 4.42 Å². The van der Waals surface area contributed by atoms with Gasteiger partial charge in [0.25, 0.3) is 5.91 Å². The molecule has 2 aromatic heterocycles. The van der Waals surface area contributed by atoms with E-state index in [2.05, 4.69) is 11.1 Å². The average Bonchev–Trinajstić information content (AvgIpc) is 2.84. The Bertz CT molecular complexity index is 750. The first kappa shape index (κ1) is 10.9. The zero-order valence-electron chi connectivity index (χ0n) is 10.6. The van der Waals surface area contributed by atoms with E-state index in [-0.39, 0.29) is 5.91 Å². The molecule has 0 aliphatic carbocycles. The first-order chi connectivity index (χ1) is 8.56. The van der Waals surface area contributed by atoms with Gasteiger partial charge < -0.3 is 14.3 Å². The molecule has 0 aliphatic heterocycles. The van der Waals surface area contributed by atoms with Crippen molar-refractivity contribution in [3.8, 4) is 0 Å². The molecule has 0 atom stereocenters. The molecule has 3 aromatic rings. The van der Waals surface area contributed by atoms with Gasteiger partial charge in [0.15, 0.2) is 11.3 Å². The molecule has 0 unspecified atom stereocenters. The molecule has 0 saturated carbocycles. The molecule has 0 aliphatic rings. The molecule has 0 saturated heterocycles. The lowest BCUT2D eigenvalue weighted by Gasteiger charge is -2.06. The van der Waals surface area contributed by atoms with E-state index in [1.54, 1.807) is 20.2 Å². The van der Waals surface area contributed by atoms with Gasteiger partial charge >= 0.3 is 0 Å². The molecule has 0 spiro atoms. The lowest BCUT2D eigenvalue weighted by Crippen LogP contribution is -2.20. The highest BCUT2D eigenvalue weighted by Gasteiger charge is 2.16. The monoisotopic (exact) mass is 242 g/mol. The zero-order chi connectivity index (χ0) is 12.9. The minimum absolute atomic E-state index is 0.125. The van der Waals surface area contributed by atoms with Gasteiger partial charge in [0.05, 0.1) is 5.52 Å². The van der Waals surface area contributed by atoms with E-state index in [0.29, 0.717) is 5.76 Å². The van der Waals surface area contributed by atoms with Gasteiger partial charge in [0.2, 0.25) is 0 Å². The summed E-state index contributed by atoms with van der Waals surface area (Å²) in [5.74, 6) is 0.239. The van der Waals surface area contributed by atoms with Crippen molar-refractivity contribution in [2.24, 2.45) is 0 Å². The molecular formula is C14H14N2O2. The van der Waals surface area contributed by atoms with E-state index in [1.165, 1.54) is 10.5 Å². The van der Waals surface area contributed by atoms with Gasteiger partial charge in [-0.15, -0.1) is 0 Å². The van der Waals surface area contributed by atoms with Crippen LogP contribution in [0.1, 0.15) is 16.1 Å². The van der Waals surface area contributed by atoms with Gasteiger partial charge in [0, 0.05) is 31.1 Å². The zero-order valence-corrected chi connectivity index (χ0v) is 10.6. The normalized spacial score (nSPS) is 11.3. The van der Waals surface area contributed by atoms with E-state index in [1.807, 2.05) is 19.1 Å². The fourth-order valence-electron chi connectivity index (χ4n) is 2.11. The van der Waals surface area contributed by atoms with Crippen LogP contribution in [0.5, 0.6) is 0 Å². The lowest BCUT2D eigenvalue weighted by atomic mass is 10.2. The number of carbonyl (C=O) groups is 1. The van der Waals surface area contributed by atoms with Crippen molar-refractivity contribution in [3.63, 3.8) is 0 Å². The lowest BCUT2D eigenvalue weighted by molar-refractivity contribution is 0.0799. The summed E-state index contributed by atoms with van der Waals surface area (Å²) in [6.45, 7) is 2.04. The Morgan fingerprint density at radius 1 is 1.22 bits per heavy atom. The summed E-state index contributed by atoms with van der Waals surface area (Å²) in [5, 5.41) is 1.01. The molecule has 0 fully saturated rings. The first-order valence-corrected chi connectivity index (χ1v) is 5.80. The van der Waals surface area contributed by atoms with Crippen LogP contribution in [0.4, 0.5) is 0 Å². The van der Waals surface area contributed by atoms with Gasteiger partial charge in [-0.3, -0.25) is 4.79 Å². The van der Waals surface area contributed by atoms with E-state index in [0.717, 1.165) is 22.0 Å². The second-order valence-corrected chi connectivity index (χ2v) is 4.73. The number of aromatic nitrogens is 1. The summed E-state index contributed by atoms with van der Waals surface area (Å²) < 4.78 is 5.66. The summed E-state index contributed by atoms with van der Waals surface area (Å²) in [4.78, 5) is 16.6. The van der Waals surface area contributed by atoms with Gasteiger partial charge in [-0.05, 0) is 24.6 Å². The second kappa shape index (κ2) is 3.63. The predicted octanol–water partition coefficient (Wildman–Crippen LogP) is 2.92. The Morgan fingerprint density at radius 3 is 2.72 bits per heavy atom. The third-order valence-electron chi connectivity index (χ3n) is 3.04. The predicted molar refractivity (Wildman–Crippen MR) is 70.8 cm³/mol. The average molecular weight is 242 g/mol. The molecule has 1 N–H and O–H groups in total. The van der Waals surface area contributed by atoms with Crippen LogP contribution in [-0.2, 0) is 0 Å². The number of hydrogen-bond donors (Lipinski definition) is 1. The smallest absolute Gasteiger partial charge is 0.289 e. The molecule has 0 bridgehead atoms. The van der Waals surface area contributed by atoms with Crippen molar-refractivity contribution in [2.75, 3.05) is 14.1 Å². The largest absolute Gasteiger partial charge is 0.449 e. The molecule has 18 heavy (non-hydrogen) atoms. The van der Waals surface area contributed by atoms with Crippen LogP contribution in [0.3, 0.4) is 0 Å². The van der Waals surface area contributed by atoms with Crippen LogP contribution in [0.25, 0.3) is 22.0 Å². The van der Waals surface area contributed by atoms with Crippen LogP contribution in [0.15, 0.2) is 28.7 Å². The number of fused-ring (bicyclic) bond motifs is 3. The maximum absolute atomic E-state index is 11.8. The van der Waals surface area contributed by atoms with Gasteiger partial charge in [0.1, 0.15) is 0 Å². The third kappa shape index (κ3) is 1.49. The molecule has 1 aromatic carbocycles. The van der Waals surface area contributed by atoms with E-state index >= 15 is 0 Å². The Hall–Kier alpha value is -2.23. The summed E-state index contributed by atoms with van der Waals surface area (Å²) in [7, 11) is 3.42. The summed E-state index contributed by atoms with van der Waals surface area (Å²) >= 11 is 0. The van der Waals surface area contributed by atoms with Crippen LogP contribution in [0.2, 0.25) is 0 Å². The number of nitrogens with one attached hydrogen (secondary N) is 1. The Balaban J connectivity index is 2.22. The van der Waals surface area contributed by atoms with Crippen LogP contribution < -0.4 is 0 Å². The quantitative estimate of drug-likeness (QED) is 0.713. The molecular weight excluding hydrogens is 228 g/mol. The summed E-state index contributed by atoms with van der Waals surface area (Å²) in [6, 6.07) is 7.87. The highest BCUT2D eigenvalue weighted by Crippen LogP contribution is 2.29. The number of carbonyl (C=O) groups excluding carboxylic acids is 1. The van der Waals surface area contributed by atoms with Gasteiger partial charge in [-0.2, -0.15) is 0 Å². The van der Waals surface area contributed by atoms with Crippen LogP contribution in [0, 0.1) is 6.92 Å². The van der Waals surface area contributed by atoms with Crippen LogP contribution in [-0.4, -0.2) is 29.9 Å². The Morgan fingerprint density at radius 2 is 2.00 bits per heavy atom. The first-order valence-electron chi connectivity index (χ1n) is 5.80. The summed E-state index contributed by atoms with van der Waals surface area (Å²) in [6.07, 6.45) is 0. The number of nitrogens with zero attached hydrogens (tertiary/aromatic N) is 1. The molecule has 4 heteroatoms. The van der Waals surface area contributed by atoms with Crippen molar-refractivity contribution in [1.29, 1.82) is 0 Å². The van der Waals surface area contributed by atoms with Crippen molar-refractivity contribution in [2.45, 2.75) is 6.92 Å². The van der Waals surface area contributed by atoms with Crippen molar-refractivity contribution < 1.29 is 9.21 Å². The number of hydrogen-bond acceptors (Lipinski definition) is 2. The maximum Gasteiger partial charge on any atom is 0.289 e. The van der Waals surface area contributed by atoms with Gasteiger partial charge in [-0.1, -0.05) is 6.07 Å². The van der Waals surface area contributed by atoms with Crippen molar-refractivity contribution >= 4 is 27.9 Å². The van der Waals surface area contributed by atoms with Crippen molar-refractivity contribution in [1.82, 2.24) is 9.88 Å². The highest BCUT2D eigenvalue weighted by atomic mass is 16.3. The van der Waals surface area contributed by atoms with Crippen LogP contribution >= 0.6 is 0 Å².